The summed E-state index contributed by atoms with van der Waals surface area (Å²) in [6, 6.07) is 16.0. The number of rotatable bonds is 4. The predicted molar refractivity (Wildman–Crippen MR) is 105 cm³/mol. The Hall–Kier alpha value is -4.05. The number of methoxy groups -OCH3 is 1. The van der Waals surface area contributed by atoms with E-state index in [9.17, 15) is 14.9 Å². The molecule has 7 heteroatoms. The molecule has 3 aromatic rings. The van der Waals surface area contributed by atoms with E-state index >= 15 is 0 Å². The number of esters is 1. The highest BCUT2D eigenvalue weighted by molar-refractivity contribution is 6.04. The van der Waals surface area contributed by atoms with E-state index in [2.05, 4.69) is 5.32 Å². The Kier molecular flexibility index (Phi) is 5.14. The number of hydrogen-bond acceptors (Lipinski definition) is 5. The van der Waals surface area contributed by atoms with Crippen LogP contribution in [-0.4, -0.2) is 23.6 Å². The van der Waals surface area contributed by atoms with Crippen LogP contribution in [0.5, 0.6) is 0 Å². The highest BCUT2D eigenvalue weighted by Crippen LogP contribution is 2.25. The third kappa shape index (κ3) is 3.44. The summed E-state index contributed by atoms with van der Waals surface area (Å²) in [5, 5.41) is 12.1. The molecule has 2 aromatic carbocycles. The van der Waals surface area contributed by atoms with E-state index in [-0.39, 0.29) is 22.9 Å². The van der Waals surface area contributed by atoms with Crippen LogP contribution in [0.2, 0.25) is 0 Å². The van der Waals surface area contributed by atoms with Gasteiger partial charge in [-0.05, 0) is 42.8 Å². The number of nitrogens with one attached hydrogen (secondary N) is 1. The molecule has 0 aliphatic rings. The van der Waals surface area contributed by atoms with Gasteiger partial charge in [-0.1, -0.05) is 18.2 Å². The average molecular weight is 374 g/mol. The van der Waals surface area contributed by atoms with E-state index < -0.39 is 5.97 Å². The summed E-state index contributed by atoms with van der Waals surface area (Å²) in [6.45, 7) is 1.91. The number of para-hydroxylation sites is 1. The molecule has 0 atom stereocenters. The number of carbonyl (C=O) groups excluding carboxylic acids is 2. The fourth-order valence-corrected chi connectivity index (χ4v) is 2.80. The van der Waals surface area contributed by atoms with Gasteiger partial charge in [0.1, 0.15) is 6.07 Å². The molecule has 0 fully saturated rings. The van der Waals surface area contributed by atoms with E-state index in [1.807, 2.05) is 37.3 Å². The first-order chi connectivity index (χ1) is 13.5. The number of benzene rings is 2. The molecule has 0 aliphatic carbocycles. The Labute approximate surface area is 162 Å². The molecular formula is C21H18N4O3. The van der Waals surface area contributed by atoms with Crippen LogP contribution in [-0.2, 0) is 4.74 Å². The van der Waals surface area contributed by atoms with Crippen LogP contribution in [0.3, 0.4) is 0 Å². The number of aromatic nitrogens is 1. The number of ether oxygens (including phenoxy) is 1. The van der Waals surface area contributed by atoms with Gasteiger partial charge in [0, 0.05) is 23.1 Å². The number of hydrogen-bond donors (Lipinski definition) is 2. The summed E-state index contributed by atoms with van der Waals surface area (Å²) in [5.41, 5.74) is 8.90. The number of aryl methyl sites for hydroxylation is 1. The van der Waals surface area contributed by atoms with Crippen molar-refractivity contribution in [3.8, 4) is 11.8 Å². The normalized spacial score (nSPS) is 10.2. The summed E-state index contributed by atoms with van der Waals surface area (Å²) < 4.78 is 6.24. The van der Waals surface area contributed by atoms with Crippen LogP contribution in [0.15, 0.2) is 54.7 Å². The van der Waals surface area contributed by atoms with E-state index in [1.54, 1.807) is 24.3 Å². The summed E-state index contributed by atoms with van der Waals surface area (Å²) in [4.78, 5) is 24.6. The molecule has 28 heavy (non-hydrogen) atoms. The molecule has 7 nitrogen and oxygen atoms in total. The predicted octanol–water partition coefficient (Wildman–Crippen LogP) is 3.28. The number of anilines is 2. The summed E-state index contributed by atoms with van der Waals surface area (Å²) in [6.07, 6.45) is 1.46. The van der Waals surface area contributed by atoms with Gasteiger partial charge in [-0.25, -0.2) is 4.79 Å². The van der Waals surface area contributed by atoms with Gasteiger partial charge in [-0.2, -0.15) is 5.26 Å². The lowest BCUT2D eigenvalue weighted by Crippen LogP contribution is -2.13. The third-order valence-electron chi connectivity index (χ3n) is 4.34. The highest BCUT2D eigenvalue weighted by atomic mass is 16.5. The van der Waals surface area contributed by atoms with Crippen molar-refractivity contribution in [1.29, 1.82) is 5.26 Å². The second-order valence-corrected chi connectivity index (χ2v) is 6.09. The average Bonchev–Trinajstić information content (AvgIpc) is 3.05. The lowest BCUT2D eigenvalue weighted by Gasteiger charge is -2.10. The number of carbonyl (C=O) groups is 2. The van der Waals surface area contributed by atoms with Crippen molar-refractivity contribution >= 4 is 23.3 Å². The van der Waals surface area contributed by atoms with Crippen LogP contribution in [0.4, 0.5) is 11.4 Å². The maximum atomic E-state index is 12.5. The summed E-state index contributed by atoms with van der Waals surface area (Å²) >= 11 is 0. The van der Waals surface area contributed by atoms with E-state index in [0.29, 0.717) is 11.3 Å². The van der Waals surface area contributed by atoms with Crippen LogP contribution in [0.1, 0.15) is 32.0 Å². The highest BCUT2D eigenvalue weighted by Gasteiger charge is 2.21. The van der Waals surface area contributed by atoms with Gasteiger partial charge < -0.3 is 20.4 Å². The van der Waals surface area contributed by atoms with E-state index in [1.165, 1.54) is 17.9 Å². The molecule has 0 spiro atoms. The molecule has 0 radical (unpaired) electrons. The molecule has 3 N–H and O–H groups in total. The van der Waals surface area contributed by atoms with E-state index in [4.69, 9.17) is 10.5 Å². The Morgan fingerprint density at radius 3 is 2.43 bits per heavy atom. The molecule has 0 saturated heterocycles. The standard InChI is InChI=1S/C21H18N4O3/c1-13-5-3-4-6-17(13)24-20(26)14-7-9-16(10-8-14)25-12-15(11-22)18(23)19(25)21(27)28-2/h3-10,12H,23H2,1-2H3,(H,24,26). The Morgan fingerprint density at radius 2 is 1.82 bits per heavy atom. The van der Waals surface area contributed by atoms with Gasteiger partial charge in [0.05, 0.1) is 18.4 Å². The van der Waals surface area contributed by atoms with Gasteiger partial charge in [-0.15, -0.1) is 0 Å². The fourth-order valence-electron chi connectivity index (χ4n) is 2.80. The van der Waals surface area contributed by atoms with Crippen molar-refractivity contribution in [3.05, 3.63) is 77.1 Å². The van der Waals surface area contributed by atoms with E-state index in [0.717, 1.165) is 11.3 Å². The molecule has 0 bridgehead atoms. The van der Waals surface area contributed by atoms with Gasteiger partial charge in [0.2, 0.25) is 0 Å². The SMILES string of the molecule is COC(=O)c1c(N)c(C#N)cn1-c1ccc(C(=O)Nc2ccccc2C)cc1. The maximum Gasteiger partial charge on any atom is 0.357 e. The van der Waals surface area contributed by atoms with Gasteiger partial charge in [0.25, 0.3) is 5.91 Å². The van der Waals surface area contributed by atoms with Crippen LogP contribution >= 0.6 is 0 Å². The largest absolute Gasteiger partial charge is 0.464 e. The second kappa shape index (κ2) is 7.68. The number of amides is 1. The second-order valence-electron chi connectivity index (χ2n) is 6.09. The monoisotopic (exact) mass is 374 g/mol. The summed E-state index contributed by atoms with van der Waals surface area (Å²) in [7, 11) is 1.24. The first-order valence-corrected chi connectivity index (χ1v) is 8.43. The number of nitriles is 1. The van der Waals surface area contributed by atoms with Gasteiger partial charge >= 0.3 is 5.97 Å². The molecule has 140 valence electrons. The smallest absolute Gasteiger partial charge is 0.357 e. The molecule has 0 unspecified atom stereocenters. The molecule has 0 aliphatic heterocycles. The molecule has 1 heterocycles. The maximum absolute atomic E-state index is 12.5. The summed E-state index contributed by atoms with van der Waals surface area (Å²) in [5.74, 6) is -0.904. The first-order valence-electron chi connectivity index (χ1n) is 8.43. The lowest BCUT2D eigenvalue weighted by atomic mass is 10.1. The van der Waals surface area contributed by atoms with Crippen LogP contribution in [0.25, 0.3) is 5.69 Å². The van der Waals surface area contributed by atoms with Crippen molar-refractivity contribution in [2.24, 2.45) is 0 Å². The molecule has 0 saturated carbocycles. The van der Waals surface area contributed by atoms with Gasteiger partial charge in [0.15, 0.2) is 5.69 Å². The first kappa shape index (κ1) is 18.7. The van der Waals surface area contributed by atoms with Crippen molar-refractivity contribution in [3.63, 3.8) is 0 Å². The minimum atomic E-state index is -0.652. The molecule has 3 rings (SSSR count). The van der Waals surface area contributed by atoms with Crippen molar-refractivity contribution in [1.82, 2.24) is 4.57 Å². The zero-order chi connectivity index (χ0) is 20.3. The van der Waals surface area contributed by atoms with Gasteiger partial charge in [-0.3, -0.25) is 4.79 Å². The quantitative estimate of drug-likeness (QED) is 0.681. The molecule has 1 aromatic heterocycles. The number of nitrogens with two attached hydrogens (primary N) is 1. The minimum Gasteiger partial charge on any atom is -0.464 e. The number of nitrogen functional groups attached to an aromatic ring is 1. The Morgan fingerprint density at radius 1 is 1.14 bits per heavy atom. The number of nitrogens with zero attached hydrogens (tertiary/aromatic N) is 2. The zero-order valence-corrected chi connectivity index (χ0v) is 15.4. The Bertz CT molecular complexity index is 1090. The van der Waals surface area contributed by atoms with Crippen molar-refractivity contribution in [2.75, 3.05) is 18.2 Å². The van der Waals surface area contributed by atoms with Crippen molar-refractivity contribution in [2.45, 2.75) is 6.92 Å². The molecule has 1 amide bonds. The Balaban J connectivity index is 1.91. The van der Waals surface area contributed by atoms with Crippen LogP contribution < -0.4 is 11.1 Å². The third-order valence-corrected chi connectivity index (χ3v) is 4.34. The van der Waals surface area contributed by atoms with Crippen LogP contribution in [0, 0.1) is 18.3 Å². The molecular weight excluding hydrogens is 356 g/mol. The minimum absolute atomic E-state index is 0.0516. The van der Waals surface area contributed by atoms with Crippen molar-refractivity contribution < 1.29 is 14.3 Å². The fraction of sp³-hybridized carbons (Fsp3) is 0.0952. The zero-order valence-electron chi connectivity index (χ0n) is 15.4. The lowest BCUT2D eigenvalue weighted by molar-refractivity contribution is 0.0593. The topological polar surface area (TPSA) is 110 Å².